The summed E-state index contributed by atoms with van der Waals surface area (Å²) in [6.07, 6.45) is 2.62. The van der Waals surface area contributed by atoms with E-state index in [-0.39, 0.29) is 0 Å². The zero-order valence-corrected chi connectivity index (χ0v) is 11.7. The fourth-order valence-corrected chi connectivity index (χ4v) is 2.29. The Balaban J connectivity index is 1.99. The van der Waals surface area contributed by atoms with Crippen LogP contribution in [0.3, 0.4) is 0 Å². The van der Waals surface area contributed by atoms with Crippen molar-refractivity contribution >= 4 is 0 Å². The third kappa shape index (κ3) is 6.36. The first-order chi connectivity index (χ1) is 8.24. The fourth-order valence-electron chi connectivity index (χ4n) is 2.29. The van der Waals surface area contributed by atoms with E-state index in [9.17, 15) is 0 Å². The molecule has 4 heteroatoms. The van der Waals surface area contributed by atoms with E-state index in [0.29, 0.717) is 0 Å². The maximum atomic E-state index is 5.29. The van der Waals surface area contributed by atoms with Crippen molar-refractivity contribution in [1.82, 2.24) is 15.1 Å². The number of hydrogen-bond acceptors (Lipinski definition) is 4. The molecule has 0 aromatic heterocycles. The van der Waals surface area contributed by atoms with Gasteiger partial charge in [0.05, 0.1) is 6.61 Å². The summed E-state index contributed by atoms with van der Waals surface area (Å²) in [5, 5.41) is 3.42. The van der Waals surface area contributed by atoms with Crippen molar-refractivity contribution in [1.29, 1.82) is 0 Å². The van der Waals surface area contributed by atoms with Gasteiger partial charge in [-0.05, 0) is 47.0 Å². The van der Waals surface area contributed by atoms with Gasteiger partial charge >= 0.3 is 0 Å². The first-order valence-electron chi connectivity index (χ1n) is 6.91. The van der Waals surface area contributed by atoms with Gasteiger partial charge in [-0.15, -0.1) is 0 Å². The van der Waals surface area contributed by atoms with Crippen LogP contribution in [0.5, 0.6) is 0 Å². The SMILES string of the molecule is CCOCCNCCN(C)C1CCN(C)CC1. The Morgan fingerprint density at radius 3 is 2.65 bits per heavy atom. The Labute approximate surface area is 106 Å². The second kappa shape index (κ2) is 8.86. The van der Waals surface area contributed by atoms with Crippen molar-refractivity contribution in [3.8, 4) is 0 Å². The van der Waals surface area contributed by atoms with Crippen LogP contribution < -0.4 is 5.32 Å². The van der Waals surface area contributed by atoms with E-state index in [1.807, 2.05) is 6.92 Å². The molecule has 0 aliphatic carbocycles. The summed E-state index contributed by atoms with van der Waals surface area (Å²) in [6, 6.07) is 0.778. The molecular weight excluding hydrogens is 214 g/mol. The molecule has 0 spiro atoms. The van der Waals surface area contributed by atoms with Crippen molar-refractivity contribution in [2.24, 2.45) is 0 Å². The fraction of sp³-hybridized carbons (Fsp3) is 1.00. The van der Waals surface area contributed by atoms with Crippen molar-refractivity contribution in [3.63, 3.8) is 0 Å². The highest BCUT2D eigenvalue weighted by Gasteiger charge is 2.19. The van der Waals surface area contributed by atoms with Gasteiger partial charge in [0, 0.05) is 32.3 Å². The van der Waals surface area contributed by atoms with Crippen molar-refractivity contribution < 1.29 is 4.74 Å². The largest absolute Gasteiger partial charge is 0.380 e. The van der Waals surface area contributed by atoms with Crippen LogP contribution in [0.4, 0.5) is 0 Å². The average Bonchev–Trinajstić information content (AvgIpc) is 2.34. The number of likely N-dealkylation sites (tertiary alicyclic amines) is 1. The van der Waals surface area contributed by atoms with Gasteiger partial charge in [-0.1, -0.05) is 0 Å². The molecule has 0 saturated carbocycles. The van der Waals surface area contributed by atoms with Crippen molar-refractivity contribution in [2.45, 2.75) is 25.8 Å². The normalized spacial score (nSPS) is 19.1. The Hall–Kier alpha value is -0.160. The lowest BCUT2D eigenvalue weighted by Gasteiger charge is -2.35. The predicted molar refractivity (Wildman–Crippen MR) is 72.5 cm³/mol. The number of ether oxygens (including phenoxy) is 1. The smallest absolute Gasteiger partial charge is 0.0590 e. The maximum absolute atomic E-state index is 5.29. The lowest BCUT2D eigenvalue weighted by Crippen LogP contribution is -2.44. The summed E-state index contributed by atoms with van der Waals surface area (Å²) in [4.78, 5) is 4.92. The van der Waals surface area contributed by atoms with Gasteiger partial charge in [-0.3, -0.25) is 0 Å². The third-order valence-electron chi connectivity index (χ3n) is 3.58. The minimum Gasteiger partial charge on any atom is -0.380 e. The molecule has 0 bridgehead atoms. The Morgan fingerprint density at radius 1 is 1.29 bits per heavy atom. The molecule has 1 aliphatic rings. The Morgan fingerprint density at radius 2 is 2.00 bits per heavy atom. The topological polar surface area (TPSA) is 27.7 Å². The van der Waals surface area contributed by atoms with Crippen LogP contribution in [0.1, 0.15) is 19.8 Å². The van der Waals surface area contributed by atoms with Crippen LogP contribution >= 0.6 is 0 Å². The molecule has 1 heterocycles. The van der Waals surface area contributed by atoms with Gasteiger partial charge in [0.15, 0.2) is 0 Å². The molecule has 102 valence electrons. The van der Waals surface area contributed by atoms with Crippen LogP contribution in [0.25, 0.3) is 0 Å². The van der Waals surface area contributed by atoms with E-state index in [0.717, 1.165) is 38.9 Å². The molecule has 0 atom stereocenters. The van der Waals surface area contributed by atoms with E-state index in [1.54, 1.807) is 0 Å². The third-order valence-corrected chi connectivity index (χ3v) is 3.58. The number of nitrogens with zero attached hydrogens (tertiary/aromatic N) is 2. The Kier molecular flexibility index (Phi) is 7.77. The molecule has 1 N–H and O–H groups in total. The molecule has 17 heavy (non-hydrogen) atoms. The van der Waals surface area contributed by atoms with E-state index in [2.05, 4.69) is 29.2 Å². The standard InChI is InChI=1S/C13H29N3O/c1-4-17-12-8-14-7-11-16(3)13-5-9-15(2)10-6-13/h13-14H,4-12H2,1-3H3. The molecule has 4 nitrogen and oxygen atoms in total. The van der Waals surface area contributed by atoms with Gasteiger partial charge in [0.2, 0.25) is 0 Å². The average molecular weight is 243 g/mol. The van der Waals surface area contributed by atoms with Gasteiger partial charge in [-0.2, -0.15) is 0 Å². The molecular formula is C13H29N3O. The zero-order valence-electron chi connectivity index (χ0n) is 11.7. The van der Waals surface area contributed by atoms with Crippen LogP contribution in [-0.2, 0) is 4.74 Å². The monoisotopic (exact) mass is 243 g/mol. The summed E-state index contributed by atoms with van der Waals surface area (Å²) in [7, 11) is 4.46. The Bertz CT molecular complexity index is 182. The van der Waals surface area contributed by atoms with E-state index >= 15 is 0 Å². The lowest BCUT2D eigenvalue weighted by atomic mass is 10.0. The molecule has 1 rings (SSSR count). The predicted octanol–water partition coefficient (Wildman–Crippen LogP) is 0.639. The number of nitrogens with one attached hydrogen (secondary N) is 1. The van der Waals surface area contributed by atoms with Crippen molar-refractivity contribution in [3.05, 3.63) is 0 Å². The maximum Gasteiger partial charge on any atom is 0.0590 e. The van der Waals surface area contributed by atoms with Gasteiger partial charge in [0.25, 0.3) is 0 Å². The molecule has 1 fully saturated rings. The van der Waals surface area contributed by atoms with Gasteiger partial charge in [-0.25, -0.2) is 0 Å². The summed E-state index contributed by atoms with van der Waals surface area (Å²) in [5.74, 6) is 0. The molecule has 0 radical (unpaired) electrons. The summed E-state index contributed by atoms with van der Waals surface area (Å²) in [6.45, 7) is 9.34. The first-order valence-corrected chi connectivity index (χ1v) is 6.91. The number of likely N-dealkylation sites (N-methyl/N-ethyl adjacent to an activating group) is 1. The second-order valence-corrected chi connectivity index (χ2v) is 4.96. The second-order valence-electron chi connectivity index (χ2n) is 4.96. The highest BCUT2D eigenvalue weighted by molar-refractivity contribution is 4.76. The van der Waals surface area contributed by atoms with E-state index in [4.69, 9.17) is 4.74 Å². The van der Waals surface area contributed by atoms with Crippen LogP contribution in [0.2, 0.25) is 0 Å². The van der Waals surface area contributed by atoms with E-state index < -0.39 is 0 Å². The molecule has 0 aromatic carbocycles. The van der Waals surface area contributed by atoms with Gasteiger partial charge < -0.3 is 19.9 Å². The number of piperidine rings is 1. The van der Waals surface area contributed by atoms with Crippen LogP contribution in [0, 0.1) is 0 Å². The lowest BCUT2D eigenvalue weighted by molar-refractivity contribution is 0.137. The molecule has 1 saturated heterocycles. The molecule has 0 amide bonds. The van der Waals surface area contributed by atoms with Crippen molar-refractivity contribution in [2.75, 3.05) is 60.0 Å². The zero-order chi connectivity index (χ0) is 12.5. The summed E-state index contributed by atoms with van der Waals surface area (Å²) >= 11 is 0. The molecule has 0 unspecified atom stereocenters. The van der Waals surface area contributed by atoms with Crippen LogP contribution in [0.15, 0.2) is 0 Å². The minimum atomic E-state index is 0.778. The highest BCUT2D eigenvalue weighted by atomic mass is 16.5. The quantitative estimate of drug-likeness (QED) is 0.633. The number of hydrogen-bond donors (Lipinski definition) is 1. The molecule has 1 aliphatic heterocycles. The molecule has 0 aromatic rings. The van der Waals surface area contributed by atoms with Crippen LogP contribution in [-0.4, -0.2) is 75.9 Å². The minimum absolute atomic E-state index is 0.778. The highest BCUT2D eigenvalue weighted by Crippen LogP contribution is 2.13. The first kappa shape index (κ1) is 14.9. The summed E-state index contributed by atoms with van der Waals surface area (Å²) in [5.41, 5.74) is 0. The van der Waals surface area contributed by atoms with Gasteiger partial charge in [0.1, 0.15) is 0 Å². The van der Waals surface area contributed by atoms with E-state index in [1.165, 1.54) is 25.9 Å². The number of rotatable bonds is 8. The summed E-state index contributed by atoms with van der Waals surface area (Å²) < 4.78 is 5.29.